The van der Waals surface area contributed by atoms with E-state index in [0.29, 0.717) is 18.9 Å². The maximum absolute atomic E-state index is 12.8. The van der Waals surface area contributed by atoms with E-state index in [0.717, 1.165) is 37.7 Å². The number of rotatable bonds is 20. The van der Waals surface area contributed by atoms with Crippen LogP contribution < -0.4 is 16.0 Å². The molecule has 0 radical (unpaired) electrons. The van der Waals surface area contributed by atoms with Gasteiger partial charge in [0.2, 0.25) is 24.1 Å². The van der Waals surface area contributed by atoms with Crippen LogP contribution in [0.5, 0.6) is 0 Å². The normalized spacial score (nSPS) is 17.5. The van der Waals surface area contributed by atoms with Gasteiger partial charge in [-0.2, -0.15) is 0 Å². The Balaban J connectivity index is 0.000000977. The lowest BCUT2D eigenvalue weighted by molar-refractivity contribution is -0.146. The van der Waals surface area contributed by atoms with E-state index in [-0.39, 0.29) is 54.4 Å². The first kappa shape index (κ1) is 50.5. The van der Waals surface area contributed by atoms with Crippen molar-refractivity contribution < 1.29 is 38.2 Å². The molecule has 310 valence electrons. The number of likely N-dealkylation sites (N-methyl/N-ethyl adjacent to an activating group) is 2. The molecule has 1 saturated heterocycles. The third-order valence-electron chi connectivity index (χ3n) is 9.95. The van der Waals surface area contributed by atoms with Gasteiger partial charge in [0.05, 0.1) is 49.9 Å². The van der Waals surface area contributed by atoms with Crippen LogP contribution in [-0.2, 0) is 44.6 Å². The van der Waals surface area contributed by atoms with Gasteiger partial charge in [-0.05, 0) is 43.7 Å². The van der Waals surface area contributed by atoms with Crippen LogP contribution in [0.2, 0.25) is 0 Å². The molecule has 0 saturated carbocycles. The monoisotopic (exact) mass is 764 g/mol. The number of amides is 4. The summed E-state index contributed by atoms with van der Waals surface area (Å²) in [5.74, 6) is -1.08. The lowest BCUT2D eigenvalue weighted by atomic mass is 9.91. The van der Waals surface area contributed by atoms with Gasteiger partial charge in [-0.3, -0.25) is 19.2 Å². The number of carbonyl (C=O) groups excluding carboxylic acids is 5. The molecule has 1 fully saturated rings. The molecule has 4 amide bonds. The third-order valence-corrected chi connectivity index (χ3v) is 9.95. The molecule has 0 aliphatic carbocycles. The molecule has 8 atom stereocenters. The summed E-state index contributed by atoms with van der Waals surface area (Å²) in [6.07, 6.45) is 5.43. The molecular weight excluding hydrogens is 690 g/mol. The largest absolute Gasteiger partial charge is 0.467 e. The van der Waals surface area contributed by atoms with Gasteiger partial charge in [-0.25, -0.2) is 4.79 Å². The number of hydrogen-bond donors (Lipinski definition) is 3. The van der Waals surface area contributed by atoms with Crippen LogP contribution in [0.25, 0.3) is 0 Å². The highest BCUT2D eigenvalue weighted by Gasteiger charge is 2.38. The lowest BCUT2D eigenvalue weighted by Crippen LogP contribution is -2.53. The van der Waals surface area contributed by atoms with Gasteiger partial charge in [0.25, 0.3) is 0 Å². The topological polar surface area (TPSA) is 156 Å². The summed E-state index contributed by atoms with van der Waals surface area (Å²) < 4.78 is 16.0. The quantitative estimate of drug-likeness (QED) is 0.131. The van der Waals surface area contributed by atoms with Gasteiger partial charge < -0.3 is 40.0 Å². The maximum atomic E-state index is 12.8. The standard InChI is InChI=1S/C20H28N2O5.C18H37N3O3.C3H8/c1-14(18(26-2)17-10-7-11-22(17)13-23)19(24)21-16(20(25)27-3)12-15-8-5-4-6-9-15;1-9-13(5)17(14(10-2)24-8)21(7)15(22)11-20-18(23)16(19-6)12(3)4;1-3-2/h4-6,8-9,13-14,16-18H,7,10-12H2,1-3H3,(H,21,24);12-14,16-17,19H,9-11H2,1-8H3,(H,20,23);3H2,1-2H3. The molecule has 13 nitrogen and oxygen atoms in total. The summed E-state index contributed by atoms with van der Waals surface area (Å²) >= 11 is 0. The number of nitrogens with one attached hydrogen (secondary N) is 3. The van der Waals surface area contributed by atoms with Gasteiger partial charge in [0, 0.05) is 34.2 Å². The van der Waals surface area contributed by atoms with Crippen LogP contribution in [-0.4, -0.2) is 125 Å². The minimum absolute atomic E-state index is 0.000372. The van der Waals surface area contributed by atoms with E-state index in [1.54, 1.807) is 37.9 Å². The Bertz CT molecular complexity index is 1220. The smallest absolute Gasteiger partial charge is 0.328 e. The summed E-state index contributed by atoms with van der Waals surface area (Å²) in [5.41, 5.74) is 0.923. The van der Waals surface area contributed by atoms with Crippen LogP contribution in [0.15, 0.2) is 30.3 Å². The van der Waals surface area contributed by atoms with Crippen molar-refractivity contribution in [3.63, 3.8) is 0 Å². The molecule has 1 aromatic rings. The highest BCUT2D eigenvalue weighted by atomic mass is 16.5. The number of methoxy groups -OCH3 is 3. The highest BCUT2D eigenvalue weighted by Crippen LogP contribution is 2.25. The predicted molar refractivity (Wildman–Crippen MR) is 214 cm³/mol. The molecule has 0 aromatic heterocycles. The molecule has 1 heterocycles. The van der Waals surface area contributed by atoms with Gasteiger partial charge >= 0.3 is 5.97 Å². The van der Waals surface area contributed by atoms with Gasteiger partial charge in [0.15, 0.2) is 0 Å². The zero-order valence-electron chi connectivity index (χ0n) is 35.5. The maximum Gasteiger partial charge on any atom is 0.328 e. The first-order valence-electron chi connectivity index (χ1n) is 19.6. The van der Waals surface area contributed by atoms with E-state index in [1.165, 1.54) is 20.6 Å². The zero-order chi connectivity index (χ0) is 41.4. The summed E-state index contributed by atoms with van der Waals surface area (Å²) in [7, 11) is 8.07. The van der Waals surface area contributed by atoms with Crippen LogP contribution >= 0.6 is 0 Å². The molecule has 0 spiro atoms. The van der Waals surface area contributed by atoms with Gasteiger partial charge in [0.1, 0.15) is 6.04 Å². The first-order chi connectivity index (χ1) is 25.7. The Morgan fingerprint density at radius 3 is 2.02 bits per heavy atom. The van der Waals surface area contributed by atoms with E-state index < -0.39 is 24.0 Å². The summed E-state index contributed by atoms with van der Waals surface area (Å²) in [6, 6.07) is 8.21. The van der Waals surface area contributed by atoms with E-state index in [1.807, 2.05) is 44.2 Å². The van der Waals surface area contributed by atoms with Gasteiger partial charge in [-0.15, -0.1) is 0 Å². The molecule has 8 unspecified atom stereocenters. The number of esters is 1. The molecule has 0 bridgehead atoms. The summed E-state index contributed by atoms with van der Waals surface area (Å²) in [6.45, 7) is 16.9. The molecule has 1 aliphatic heterocycles. The van der Waals surface area contributed by atoms with Crippen LogP contribution in [0.1, 0.15) is 93.1 Å². The third kappa shape index (κ3) is 16.4. The summed E-state index contributed by atoms with van der Waals surface area (Å²) in [4.78, 5) is 64.4. The van der Waals surface area contributed by atoms with Crippen molar-refractivity contribution in [2.45, 2.75) is 130 Å². The fraction of sp³-hybridized carbons (Fsp3) is 0.732. The van der Waals surface area contributed by atoms with Crippen molar-refractivity contribution in [3.05, 3.63) is 35.9 Å². The molecule has 1 aliphatic rings. The van der Waals surface area contributed by atoms with E-state index in [9.17, 15) is 24.0 Å². The second kappa shape index (κ2) is 27.9. The molecule has 54 heavy (non-hydrogen) atoms. The predicted octanol–water partition coefficient (Wildman–Crippen LogP) is 4.22. The van der Waals surface area contributed by atoms with E-state index in [2.05, 4.69) is 50.6 Å². The molecular formula is C41H73N5O8. The van der Waals surface area contributed by atoms with Crippen LogP contribution in [0.4, 0.5) is 0 Å². The van der Waals surface area contributed by atoms with Crippen molar-refractivity contribution in [2.24, 2.45) is 17.8 Å². The minimum Gasteiger partial charge on any atom is -0.467 e. The average molecular weight is 764 g/mol. The number of carbonyl (C=O) groups is 5. The Hall–Kier alpha value is -3.55. The molecule has 13 heteroatoms. The highest BCUT2D eigenvalue weighted by molar-refractivity contribution is 5.88. The number of nitrogens with zero attached hydrogens (tertiary/aromatic N) is 2. The van der Waals surface area contributed by atoms with Crippen LogP contribution in [0.3, 0.4) is 0 Å². The molecule has 2 rings (SSSR count). The number of hydrogen-bond acceptors (Lipinski definition) is 9. The van der Waals surface area contributed by atoms with E-state index in [4.69, 9.17) is 14.2 Å². The number of benzene rings is 1. The number of likely N-dealkylation sites (tertiary alicyclic amines) is 1. The van der Waals surface area contributed by atoms with Crippen molar-refractivity contribution in [1.82, 2.24) is 25.8 Å². The Morgan fingerprint density at radius 2 is 1.56 bits per heavy atom. The second-order valence-corrected chi connectivity index (χ2v) is 14.3. The van der Waals surface area contributed by atoms with Crippen molar-refractivity contribution in [1.29, 1.82) is 0 Å². The summed E-state index contributed by atoms with van der Waals surface area (Å²) in [5, 5.41) is 8.52. The van der Waals surface area contributed by atoms with Crippen LogP contribution in [0, 0.1) is 17.8 Å². The fourth-order valence-corrected chi connectivity index (χ4v) is 6.75. The first-order valence-corrected chi connectivity index (χ1v) is 19.6. The SMILES string of the molecule is CCC.CCC(C)C(C(CC)OC)N(C)C(=O)CNC(=O)C(NC)C(C)C.COC(=O)C(Cc1ccccc1)NC(=O)C(C)C(OC)C1CCCN1C=O. The Morgan fingerprint density at radius 1 is 0.944 bits per heavy atom. The zero-order valence-corrected chi connectivity index (χ0v) is 35.5. The minimum atomic E-state index is -0.782. The van der Waals surface area contributed by atoms with Gasteiger partial charge in [-0.1, -0.05) is 98.6 Å². The molecule has 3 N–H and O–H groups in total. The number of ether oxygens (including phenoxy) is 3. The van der Waals surface area contributed by atoms with Crippen molar-refractivity contribution >= 4 is 30.1 Å². The van der Waals surface area contributed by atoms with E-state index >= 15 is 0 Å². The molecule has 1 aromatic carbocycles. The van der Waals surface area contributed by atoms with Crippen molar-refractivity contribution in [3.8, 4) is 0 Å². The Labute approximate surface area is 326 Å². The fourth-order valence-electron chi connectivity index (χ4n) is 6.75. The average Bonchev–Trinajstić information content (AvgIpc) is 3.64. The lowest BCUT2D eigenvalue weighted by Gasteiger charge is -2.37. The second-order valence-electron chi connectivity index (χ2n) is 14.3. The Kier molecular flexibility index (Phi) is 26.1. The van der Waals surface area contributed by atoms with Crippen molar-refractivity contribution in [2.75, 3.05) is 48.5 Å².